The van der Waals surface area contributed by atoms with Crippen molar-refractivity contribution in [1.82, 2.24) is 4.98 Å². The van der Waals surface area contributed by atoms with E-state index in [4.69, 9.17) is 35.4 Å². The molecule has 1 aliphatic carbocycles. The second kappa shape index (κ2) is 11.1. The maximum atomic E-state index is 9.28. The van der Waals surface area contributed by atoms with E-state index in [9.17, 15) is 5.11 Å². The Labute approximate surface area is 190 Å². The first-order chi connectivity index (χ1) is 15.4. The molecule has 9 heteroatoms. The van der Waals surface area contributed by atoms with Gasteiger partial charge in [-0.1, -0.05) is 17.7 Å². The van der Waals surface area contributed by atoms with Gasteiger partial charge in [0.2, 0.25) is 0 Å². The Hall–Kier alpha value is -2.97. The number of nitrogens with zero attached hydrogens (tertiary/aromatic N) is 1. The van der Waals surface area contributed by atoms with Crippen LogP contribution in [0.5, 0.6) is 11.5 Å². The van der Waals surface area contributed by atoms with Crippen LogP contribution >= 0.6 is 11.6 Å². The molecule has 0 aliphatic heterocycles. The van der Waals surface area contributed by atoms with E-state index < -0.39 is 6.09 Å². The van der Waals surface area contributed by atoms with Crippen LogP contribution < -0.4 is 15.2 Å². The summed E-state index contributed by atoms with van der Waals surface area (Å²) in [5, 5.41) is 17.1. The second-order valence-electron chi connectivity index (χ2n) is 7.52. The molecule has 1 fully saturated rings. The molecule has 0 atom stereocenters. The molecule has 4 N–H and O–H groups in total. The number of aliphatic hydroxyl groups excluding tert-OH is 1. The quantitative estimate of drug-likeness (QED) is 0.469. The van der Waals surface area contributed by atoms with Crippen LogP contribution in [0.2, 0.25) is 5.02 Å². The molecule has 1 heterocycles. The van der Waals surface area contributed by atoms with Crippen molar-refractivity contribution < 1.29 is 28.9 Å². The zero-order valence-corrected chi connectivity index (χ0v) is 18.6. The number of fused-ring (bicyclic) bond motifs is 1. The molecule has 1 amide bonds. The first-order valence-electron chi connectivity index (χ1n) is 10.4. The fourth-order valence-corrected chi connectivity index (χ4v) is 4.01. The third-order valence-corrected chi connectivity index (χ3v) is 5.35. The molecule has 1 aliphatic rings. The molecular weight excluding hydrogens is 436 g/mol. The van der Waals surface area contributed by atoms with Crippen LogP contribution in [-0.4, -0.2) is 41.1 Å². The van der Waals surface area contributed by atoms with Crippen LogP contribution in [0.15, 0.2) is 34.7 Å². The summed E-state index contributed by atoms with van der Waals surface area (Å²) in [6.07, 6.45) is 4.56. The monoisotopic (exact) mass is 462 g/mol. The van der Waals surface area contributed by atoms with Gasteiger partial charge in [-0.2, -0.15) is 0 Å². The molecule has 172 valence electrons. The Morgan fingerprint density at radius 2 is 1.97 bits per heavy atom. The second-order valence-corrected chi connectivity index (χ2v) is 7.96. The lowest BCUT2D eigenvalue weighted by molar-refractivity contribution is 0.200. The zero-order valence-electron chi connectivity index (χ0n) is 17.8. The molecule has 2 aromatic carbocycles. The van der Waals surface area contributed by atoms with Gasteiger partial charge in [-0.3, -0.25) is 0 Å². The molecular formula is C23H27ClN2O6. The van der Waals surface area contributed by atoms with Crippen LogP contribution in [0, 0.1) is 0 Å². The van der Waals surface area contributed by atoms with Crippen molar-refractivity contribution in [3.63, 3.8) is 0 Å². The predicted octanol–water partition coefficient (Wildman–Crippen LogP) is 4.56. The van der Waals surface area contributed by atoms with Gasteiger partial charge in [0.05, 0.1) is 13.2 Å². The highest BCUT2D eigenvalue weighted by Gasteiger charge is 2.19. The maximum absolute atomic E-state index is 9.28. The fraction of sp³-hybridized carbons (Fsp3) is 0.391. The normalized spacial score (nSPS) is 13.6. The van der Waals surface area contributed by atoms with E-state index in [1.54, 1.807) is 13.2 Å². The highest BCUT2D eigenvalue weighted by Crippen LogP contribution is 2.33. The van der Waals surface area contributed by atoms with Crippen LogP contribution in [0.3, 0.4) is 0 Å². The van der Waals surface area contributed by atoms with Crippen LogP contribution in [0.25, 0.3) is 11.1 Å². The standard InChI is InChI=1S/C22H24ClNO4.CH3NO2/c1-26-19-7-6-14(10-20(19)27-17-4-2-3-5-17)11-21-24-18-13-16(23)12-15(8-9-25)22(18)28-21;2-1(3)4/h6-7,10,12-13,17,25H,2-5,8-9,11H2,1H3;2H2,(H,3,4). The number of primary amides is 1. The van der Waals surface area contributed by atoms with Crippen molar-refractivity contribution >= 4 is 28.8 Å². The Bertz CT molecular complexity index is 1060. The van der Waals surface area contributed by atoms with Gasteiger partial charge in [0, 0.05) is 23.6 Å². The summed E-state index contributed by atoms with van der Waals surface area (Å²) in [4.78, 5) is 13.4. The number of rotatable bonds is 7. The van der Waals surface area contributed by atoms with Crippen molar-refractivity contribution in [2.24, 2.45) is 5.73 Å². The first kappa shape index (κ1) is 23.7. The molecule has 8 nitrogen and oxygen atoms in total. The average Bonchev–Trinajstić information content (AvgIpc) is 3.37. The summed E-state index contributed by atoms with van der Waals surface area (Å²) in [6.45, 7) is 0.0336. The van der Waals surface area contributed by atoms with E-state index in [2.05, 4.69) is 10.7 Å². The lowest BCUT2D eigenvalue weighted by Gasteiger charge is -2.16. The molecule has 3 aromatic rings. The molecule has 4 rings (SSSR count). The number of benzene rings is 2. The number of hydrogen-bond donors (Lipinski definition) is 3. The number of ether oxygens (including phenoxy) is 2. The highest BCUT2D eigenvalue weighted by molar-refractivity contribution is 6.31. The number of amides is 1. The van der Waals surface area contributed by atoms with E-state index in [1.165, 1.54) is 12.8 Å². The third-order valence-electron chi connectivity index (χ3n) is 5.14. The van der Waals surface area contributed by atoms with E-state index in [-0.39, 0.29) is 12.7 Å². The Balaban J connectivity index is 0.000000668. The number of carbonyl (C=O) groups is 1. The summed E-state index contributed by atoms with van der Waals surface area (Å²) < 4.78 is 17.6. The number of halogens is 1. The van der Waals surface area contributed by atoms with E-state index in [0.29, 0.717) is 34.9 Å². The lowest BCUT2D eigenvalue weighted by atomic mass is 10.1. The number of carboxylic acid groups (broad SMARTS) is 1. The average molecular weight is 463 g/mol. The maximum Gasteiger partial charge on any atom is 0.402 e. The number of nitrogens with two attached hydrogens (primary N) is 1. The van der Waals surface area contributed by atoms with Gasteiger partial charge in [-0.05, 0) is 61.9 Å². The SMILES string of the molecule is COc1ccc(Cc2nc3cc(Cl)cc(CCO)c3o2)cc1OC1CCCC1.NC(=O)O. The van der Waals surface area contributed by atoms with Crippen molar-refractivity contribution in [3.8, 4) is 11.5 Å². The Kier molecular flexibility index (Phi) is 8.19. The topological polar surface area (TPSA) is 128 Å². The number of oxazole rings is 1. The lowest BCUT2D eigenvalue weighted by Crippen LogP contribution is -2.11. The van der Waals surface area contributed by atoms with Crippen molar-refractivity contribution in [2.45, 2.75) is 44.6 Å². The molecule has 1 saturated carbocycles. The van der Waals surface area contributed by atoms with Crippen LogP contribution in [0.4, 0.5) is 4.79 Å². The number of aliphatic hydroxyl groups is 1. The van der Waals surface area contributed by atoms with Gasteiger partial charge in [-0.15, -0.1) is 0 Å². The van der Waals surface area contributed by atoms with Crippen LogP contribution in [0.1, 0.15) is 42.7 Å². The molecule has 0 radical (unpaired) electrons. The van der Waals surface area contributed by atoms with Gasteiger partial charge in [-0.25, -0.2) is 9.78 Å². The third kappa shape index (κ3) is 6.27. The largest absolute Gasteiger partial charge is 0.493 e. The summed E-state index contributed by atoms with van der Waals surface area (Å²) in [5.74, 6) is 2.12. The van der Waals surface area contributed by atoms with Crippen molar-refractivity contribution in [3.05, 3.63) is 52.4 Å². The summed E-state index contributed by atoms with van der Waals surface area (Å²) in [5.41, 5.74) is 7.32. The predicted molar refractivity (Wildman–Crippen MR) is 121 cm³/mol. The Morgan fingerprint density at radius 3 is 2.62 bits per heavy atom. The van der Waals surface area contributed by atoms with Gasteiger partial charge in [0.25, 0.3) is 0 Å². The highest BCUT2D eigenvalue weighted by atomic mass is 35.5. The van der Waals surface area contributed by atoms with E-state index in [1.807, 2.05) is 24.3 Å². The van der Waals surface area contributed by atoms with Crippen LogP contribution in [-0.2, 0) is 12.8 Å². The van der Waals surface area contributed by atoms with Gasteiger partial charge in [0.1, 0.15) is 5.52 Å². The summed E-state index contributed by atoms with van der Waals surface area (Å²) in [6, 6.07) is 9.53. The minimum absolute atomic E-state index is 0.0336. The minimum Gasteiger partial charge on any atom is -0.493 e. The van der Waals surface area contributed by atoms with E-state index >= 15 is 0 Å². The molecule has 1 aromatic heterocycles. The van der Waals surface area contributed by atoms with Gasteiger partial charge < -0.3 is 29.8 Å². The first-order valence-corrected chi connectivity index (χ1v) is 10.8. The minimum atomic E-state index is -1.33. The molecule has 32 heavy (non-hydrogen) atoms. The van der Waals surface area contributed by atoms with E-state index in [0.717, 1.165) is 35.5 Å². The smallest absolute Gasteiger partial charge is 0.402 e. The van der Waals surface area contributed by atoms with Gasteiger partial charge in [0.15, 0.2) is 23.0 Å². The Morgan fingerprint density at radius 1 is 1.25 bits per heavy atom. The summed E-state index contributed by atoms with van der Waals surface area (Å²) in [7, 11) is 1.66. The van der Waals surface area contributed by atoms with Crippen molar-refractivity contribution in [2.75, 3.05) is 13.7 Å². The molecule has 0 bridgehead atoms. The molecule has 0 saturated heterocycles. The molecule has 0 unspecified atom stereocenters. The number of hydrogen-bond acceptors (Lipinski definition) is 6. The van der Waals surface area contributed by atoms with Crippen molar-refractivity contribution in [1.29, 1.82) is 0 Å². The summed E-state index contributed by atoms with van der Waals surface area (Å²) >= 11 is 6.17. The zero-order chi connectivity index (χ0) is 23.1. The fourth-order valence-electron chi connectivity index (χ4n) is 3.78. The number of aromatic nitrogens is 1. The molecule has 0 spiro atoms. The number of methoxy groups -OCH3 is 1. The van der Waals surface area contributed by atoms with Gasteiger partial charge >= 0.3 is 6.09 Å².